The highest BCUT2D eigenvalue weighted by Crippen LogP contribution is 2.35. The zero-order valence-electron chi connectivity index (χ0n) is 22.7. The van der Waals surface area contributed by atoms with Gasteiger partial charge in [-0.1, -0.05) is 6.92 Å². The summed E-state index contributed by atoms with van der Waals surface area (Å²) in [6, 6.07) is 3.80. The Morgan fingerprint density at radius 3 is 2.07 bits per heavy atom. The number of ether oxygens (including phenoxy) is 7. The maximum absolute atomic E-state index is 12.4. The normalized spacial score (nSPS) is 21.8. The van der Waals surface area contributed by atoms with Gasteiger partial charge in [0.05, 0.1) is 5.39 Å². The third-order valence-corrected chi connectivity index (χ3v) is 5.52. The fourth-order valence-electron chi connectivity index (χ4n) is 3.91. The quantitative estimate of drug-likeness (QED) is 0.252. The largest absolute Gasteiger partial charge is 0.504 e. The van der Waals surface area contributed by atoms with Crippen LogP contribution in [-0.4, -0.2) is 72.3 Å². The van der Waals surface area contributed by atoms with Crippen molar-refractivity contribution in [2.75, 3.05) is 6.61 Å². The molecule has 3 rings (SSSR count). The second-order valence-electron chi connectivity index (χ2n) is 8.74. The zero-order chi connectivity index (χ0) is 30.4. The van der Waals surface area contributed by atoms with E-state index in [0.717, 1.165) is 27.7 Å². The minimum absolute atomic E-state index is 0.00241. The smallest absolute Gasteiger partial charge is 0.383 e. The van der Waals surface area contributed by atoms with Crippen LogP contribution in [0, 0.1) is 0 Å². The van der Waals surface area contributed by atoms with Crippen molar-refractivity contribution in [1.29, 1.82) is 0 Å². The summed E-state index contributed by atoms with van der Waals surface area (Å²) in [6.07, 6.45) is -7.19. The molecule has 15 heteroatoms. The SMILES string of the molecule is CCC(=O)Oc1c(O)c2ccc(O[C@H]3O[C@H](COC(C)=O)[C@@H](OC(C)=O)[C@H](OC(C)=O)[C@@H]3OC(C)=O)cc2oc1=O. The average Bonchev–Trinajstić information content (AvgIpc) is 2.87. The third-order valence-electron chi connectivity index (χ3n) is 5.52. The highest BCUT2D eigenvalue weighted by atomic mass is 16.7. The summed E-state index contributed by atoms with van der Waals surface area (Å²) >= 11 is 0. The van der Waals surface area contributed by atoms with Crippen molar-refractivity contribution < 1.29 is 66.7 Å². The minimum atomic E-state index is -1.54. The second-order valence-corrected chi connectivity index (χ2v) is 8.74. The summed E-state index contributed by atoms with van der Waals surface area (Å²) in [5.74, 6) is -5.26. The molecule has 41 heavy (non-hydrogen) atoms. The van der Waals surface area contributed by atoms with Crippen molar-refractivity contribution in [2.45, 2.75) is 71.7 Å². The Labute approximate surface area is 232 Å². The molecule has 1 aliphatic rings. The number of hydrogen-bond acceptors (Lipinski definition) is 15. The van der Waals surface area contributed by atoms with Crippen molar-refractivity contribution in [1.82, 2.24) is 0 Å². The molecule has 1 aromatic heterocycles. The van der Waals surface area contributed by atoms with Crippen LogP contribution < -0.4 is 15.1 Å². The molecule has 0 spiro atoms. The molecule has 0 amide bonds. The first-order valence-corrected chi connectivity index (χ1v) is 12.3. The van der Waals surface area contributed by atoms with E-state index in [1.807, 2.05) is 0 Å². The maximum atomic E-state index is 12.4. The minimum Gasteiger partial charge on any atom is -0.504 e. The maximum Gasteiger partial charge on any atom is 0.383 e. The number of carbonyl (C=O) groups excluding carboxylic acids is 5. The van der Waals surface area contributed by atoms with E-state index in [2.05, 4.69) is 0 Å². The fourth-order valence-corrected chi connectivity index (χ4v) is 3.91. The molecule has 222 valence electrons. The van der Waals surface area contributed by atoms with Gasteiger partial charge in [0.25, 0.3) is 5.75 Å². The monoisotopic (exact) mass is 580 g/mol. The van der Waals surface area contributed by atoms with E-state index in [0.29, 0.717) is 0 Å². The molecule has 0 unspecified atom stereocenters. The lowest BCUT2D eigenvalue weighted by atomic mass is 9.98. The van der Waals surface area contributed by atoms with Crippen molar-refractivity contribution in [2.24, 2.45) is 0 Å². The van der Waals surface area contributed by atoms with E-state index < -0.39 is 84.3 Å². The number of fused-ring (bicyclic) bond motifs is 1. The Kier molecular flexibility index (Phi) is 9.89. The third kappa shape index (κ3) is 7.72. The van der Waals surface area contributed by atoms with Gasteiger partial charge in [0.15, 0.2) is 18.0 Å². The van der Waals surface area contributed by atoms with Crippen LogP contribution in [-0.2, 0) is 47.7 Å². The summed E-state index contributed by atoms with van der Waals surface area (Å²) in [6.45, 7) is 5.41. The van der Waals surface area contributed by atoms with Crippen LogP contribution >= 0.6 is 0 Å². The van der Waals surface area contributed by atoms with Crippen LogP contribution in [0.3, 0.4) is 0 Å². The number of carbonyl (C=O) groups is 5. The van der Waals surface area contributed by atoms with E-state index >= 15 is 0 Å². The van der Waals surface area contributed by atoms with Crippen LogP contribution in [0.15, 0.2) is 27.4 Å². The van der Waals surface area contributed by atoms with Crippen molar-refractivity contribution in [3.8, 4) is 17.2 Å². The molecule has 5 atom stereocenters. The van der Waals surface area contributed by atoms with Gasteiger partial charge in [0.1, 0.15) is 24.0 Å². The molecule has 2 heterocycles. The molecule has 0 saturated carbocycles. The molecule has 2 aromatic rings. The Hall–Kier alpha value is -4.66. The lowest BCUT2D eigenvalue weighted by Gasteiger charge is -2.43. The predicted octanol–water partition coefficient (Wildman–Crippen LogP) is 1.28. The standard InChI is InChI=1S/C26H28O15/c1-6-19(31)41-22-20(32)16-8-7-15(9-17(16)39-25(22)33)38-26-24(37-14(5)30)23(36-13(4)29)21(35-12(3)28)18(40-26)10-34-11(2)27/h7-9,18,21,23-24,26,32H,6,10H2,1-5H3/t18-,21-,23+,24+,26+/m1/s1. The van der Waals surface area contributed by atoms with Gasteiger partial charge in [-0.15, -0.1) is 0 Å². The Morgan fingerprint density at radius 1 is 0.878 bits per heavy atom. The van der Waals surface area contributed by atoms with Crippen LogP contribution in [0.1, 0.15) is 41.0 Å². The molecular formula is C26H28O15. The number of hydrogen-bond donors (Lipinski definition) is 1. The van der Waals surface area contributed by atoms with Gasteiger partial charge in [-0.25, -0.2) is 4.79 Å². The van der Waals surface area contributed by atoms with E-state index in [4.69, 9.17) is 37.6 Å². The van der Waals surface area contributed by atoms with E-state index in [1.54, 1.807) is 0 Å². The molecular weight excluding hydrogens is 552 g/mol. The van der Waals surface area contributed by atoms with E-state index in [1.165, 1.54) is 25.1 Å². The van der Waals surface area contributed by atoms with Gasteiger partial charge < -0.3 is 42.7 Å². The summed E-state index contributed by atoms with van der Waals surface area (Å²) in [4.78, 5) is 71.3. The molecule has 1 aliphatic heterocycles. The molecule has 15 nitrogen and oxygen atoms in total. The molecule has 1 fully saturated rings. The lowest BCUT2D eigenvalue weighted by molar-refractivity contribution is -0.288. The van der Waals surface area contributed by atoms with Crippen molar-refractivity contribution in [3.63, 3.8) is 0 Å². The van der Waals surface area contributed by atoms with Gasteiger partial charge in [0.2, 0.25) is 12.4 Å². The van der Waals surface area contributed by atoms with Gasteiger partial charge in [-0.2, -0.15) is 0 Å². The number of esters is 5. The first-order valence-electron chi connectivity index (χ1n) is 12.3. The van der Waals surface area contributed by atoms with E-state index in [9.17, 15) is 33.9 Å². The summed E-state index contributed by atoms with van der Waals surface area (Å²) in [7, 11) is 0. The van der Waals surface area contributed by atoms with Crippen LogP contribution in [0.4, 0.5) is 0 Å². The van der Waals surface area contributed by atoms with Crippen molar-refractivity contribution in [3.05, 3.63) is 28.6 Å². The summed E-state index contributed by atoms with van der Waals surface area (Å²) < 4.78 is 42.8. The molecule has 1 N–H and O–H groups in total. The summed E-state index contributed by atoms with van der Waals surface area (Å²) in [5.41, 5.74) is -1.31. The summed E-state index contributed by atoms with van der Waals surface area (Å²) in [5, 5.41) is 10.5. The molecule has 1 aromatic carbocycles. The average molecular weight is 580 g/mol. The van der Waals surface area contributed by atoms with Crippen molar-refractivity contribution >= 4 is 40.8 Å². The zero-order valence-corrected chi connectivity index (χ0v) is 22.7. The fraction of sp³-hybridized carbons (Fsp3) is 0.462. The first-order chi connectivity index (χ1) is 19.3. The first kappa shape index (κ1) is 30.9. The lowest BCUT2D eigenvalue weighted by Crippen LogP contribution is -2.63. The highest BCUT2D eigenvalue weighted by Gasteiger charge is 2.53. The Morgan fingerprint density at radius 2 is 1.49 bits per heavy atom. The van der Waals surface area contributed by atoms with Crippen LogP contribution in [0.25, 0.3) is 11.0 Å². The Bertz CT molecular complexity index is 1390. The second kappa shape index (κ2) is 13.1. The van der Waals surface area contributed by atoms with Crippen LogP contribution in [0.5, 0.6) is 17.2 Å². The topological polar surface area (TPSA) is 200 Å². The van der Waals surface area contributed by atoms with Gasteiger partial charge in [0, 0.05) is 40.2 Å². The Balaban J connectivity index is 2.03. The van der Waals surface area contributed by atoms with Crippen LogP contribution in [0.2, 0.25) is 0 Å². The van der Waals surface area contributed by atoms with E-state index in [-0.39, 0.29) is 23.1 Å². The molecule has 0 radical (unpaired) electrons. The number of benzene rings is 1. The molecule has 0 aliphatic carbocycles. The van der Waals surface area contributed by atoms with Gasteiger partial charge in [-0.3, -0.25) is 24.0 Å². The molecule has 1 saturated heterocycles. The highest BCUT2D eigenvalue weighted by molar-refractivity contribution is 5.87. The predicted molar refractivity (Wildman–Crippen MR) is 133 cm³/mol. The van der Waals surface area contributed by atoms with Gasteiger partial charge in [-0.05, 0) is 12.1 Å². The molecule has 0 bridgehead atoms. The van der Waals surface area contributed by atoms with Gasteiger partial charge >= 0.3 is 35.5 Å². The number of rotatable bonds is 9. The number of aromatic hydroxyl groups is 1.